The maximum Gasteiger partial charge on any atom is 0.335 e. The Morgan fingerprint density at radius 2 is 1.61 bits per heavy atom. The molecule has 0 saturated carbocycles. The summed E-state index contributed by atoms with van der Waals surface area (Å²) in [5.74, 6) is -0.442. The molecule has 1 aliphatic rings. The highest BCUT2D eigenvalue weighted by atomic mass is 16.5. The Morgan fingerprint density at radius 3 is 2.26 bits per heavy atom. The van der Waals surface area contributed by atoms with Gasteiger partial charge in [0.1, 0.15) is 0 Å². The summed E-state index contributed by atoms with van der Waals surface area (Å²) in [5, 5.41) is 0. The largest absolute Gasteiger partial charge is 0.449 e. The summed E-state index contributed by atoms with van der Waals surface area (Å²) in [5.41, 5.74) is 2.77. The van der Waals surface area contributed by atoms with Gasteiger partial charge < -0.3 is 4.74 Å². The summed E-state index contributed by atoms with van der Waals surface area (Å²) in [6.07, 6.45) is 2.72. The van der Waals surface area contributed by atoms with Crippen molar-refractivity contribution in [3.05, 3.63) is 95.1 Å². The molecule has 1 aliphatic heterocycles. The SMILES string of the molecule is CC1=C(/C=C/C(=O)c2ccccc2)C(c2ccccc2)OC1=O. The molecule has 2 aromatic carbocycles. The molecule has 3 rings (SSSR count). The molecule has 1 heterocycles. The molecule has 0 aromatic heterocycles. The minimum atomic E-state index is -0.455. The molecule has 0 bridgehead atoms. The third-order valence-corrected chi connectivity index (χ3v) is 3.82. The summed E-state index contributed by atoms with van der Waals surface area (Å²) in [4.78, 5) is 24.1. The van der Waals surface area contributed by atoms with Crippen LogP contribution in [0.4, 0.5) is 0 Å². The molecule has 3 nitrogen and oxygen atoms in total. The minimum Gasteiger partial charge on any atom is -0.449 e. The van der Waals surface area contributed by atoms with Crippen molar-refractivity contribution in [3.8, 4) is 0 Å². The van der Waals surface area contributed by atoms with Gasteiger partial charge in [-0.1, -0.05) is 66.7 Å². The van der Waals surface area contributed by atoms with E-state index in [0.717, 1.165) is 11.1 Å². The van der Waals surface area contributed by atoms with Crippen molar-refractivity contribution in [3.63, 3.8) is 0 Å². The van der Waals surface area contributed by atoms with E-state index < -0.39 is 6.10 Å². The molecule has 0 radical (unpaired) electrons. The van der Waals surface area contributed by atoms with Crippen molar-refractivity contribution in [1.82, 2.24) is 0 Å². The van der Waals surface area contributed by atoms with Crippen LogP contribution in [0.25, 0.3) is 0 Å². The van der Waals surface area contributed by atoms with Crippen LogP contribution in [-0.2, 0) is 9.53 Å². The van der Waals surface area contributed by atoms with E-state index in [1.54, 1.807) is 25.1 Å². The van der Waals surface area contributed by atoms with E-state index in [-0.39, 0.29) is 11.8 Å². The normalized spacial score (nSPS) is 17.6. The number of esters is 1. The molecule has 0 saturated heterocycles. The van der Waals surface area contributed by atoms with Crippen LogP contribution in [0.15, 0.2) is 84.0 Å². The highest BCUT2D eigenvalue weighted by molar-refractivity contribution is 6.05. The van der Waals surface area contributed by atoms with Crippen molar-refractivity contribution in [1.29, 1.82) is 0 Å². The Kier molecular flexibility index (Phi) is 4.20. The molecule has 0 aliphatic carbocycles. The first-order valence-corrected chi connectivity index (χ1v) is 7.41. The zero-order valence-corrected chi connectivity index (χ0v) is 12.7. The van der Waals surface area contributed by atoms with Gasteiger partial charge in [0.05, 0.1) is 0 Å². The van der Waals surface area contributed by atoms with Gasteiger partial charge in [-0.05, 0) is 18.6 Å². The predicted octanol–water partition coefficient (Wildman–Crippen LogP) is 4.04. The Morgan fingerprint density at radius 1 is 1.00 bits per heavy atom. The van der Waals surface area contributed by atoms with Crippen LogP contribution >= 0.6 is 0 Å². The van der Waals surface area contributed by atoms with Gasteiger partial charge in [-0.3, -0.25) is 4.79 Å². The van der Waals surface area contributed by atoms with Crippen molar-refractivity contribution in [2.45, 2.75) is 13.0 Å². The number of ether oxygens (including phenoxy) is 1. The average Bonchev–Trinajstić information content (AvgIpc) is 2.89. The van der Waals surface area contributed by atoms with E-state index in [1.165, 1.54) is 6.08 Å². The standard InChI is InChI=1S/C20H16O3/c1-14-17(12-13-18(21)15-8-4-2-5-9-15)19(23-20(14)22)16-10-6-3-7-11-16/h2-13,19H,1H3/b13-12+. The van der Waals surface area contributed by atoms with Crippen LogP contribution in [0, 0.1) is 0 Å². The predicted molar refractivity (Wildman–Crippen MR) is 87.9 cm³/mol. The number of cyclic esters (lactones) is 1. The molecule has 3 heteroatoms. The Labute approximate surface area is 134 Å². The third kappa shape index (κ3) is 3.14. The Balaban J connectivity index is 1.88. The van der Waals surface area contributed by atoms with Gasteiger partial charge in [-0.2, -0.15) is 0 Å². The highest BCUT2D eigenvalue weighted by Crippen LogP contribution is 2.35. The van der Waals surface area contributed by atoms with Crippen molar-refractivity contribution in [2.24, 2.45) is 0 Å². The molecular formula is C20H16O3. The molecule has 114 valence electrons. The fourth-order valence-electron chi connectivity index (χ4n) is 2.53. The lowest BCUT2D eigenvalue weighted by Gasteiger charge is -2.12. The smallest absolute Gasteiger partial charge is 0.335 e. The van der Waals surface area contributed by atoms with E-state index >= 15 is 0 Å². The number of hydrogen-bond acceptors (Lipinski definition) is 3. The first-order chi connectivity index (χ1) is 11.2. The van der Waals surface area contributed by atoms with Crippen LogP contribution in [0.3, 0.4) is 0 Å². The van der Waals surface area contributed by atoms with E-state index in [2.05, 4.69) is 0 Å². The summed E-state index contributed by atoms with van der Waals surface area (Å²) in [6.45, 7) is 1.72. The second-order valence-corrected chi connectivity index (χ2v) is 5.34. The number of rotatable bonds is 4. The molecule has 1 atom stereocenters. The number of hydrogen-bond donors (Lipinski definition) is 0. The molecule has 0 spiro atoms. The topological polar surface area (TPSA) is 43.4 Å². The number of ketones is 1. The van der Waals surface area contributed by atoms with Gasteiger partial charge in [-0.25, -0.2) is 4.79 Å². The van der Waals surface area contributed by atoms with E-state index in [4.69, 9.17) is 4.74 Å². The number of benzene rings is 2. The average molecular weight is 304 g/mol. The Bertz CT molecular complexity index is 786. The zero-order chi connectivity index (χ0) is 16.2. The monoisotopic (exact) mass is 304 g/mol. The number of allylic oxidation sites excluding steroid dienone is 1. The minimum absolute atomic E-state index is 0.0999. The summed E-state index contributed by atoms with van der Waals surface area (Å²) in [7, 11) is 0. The van der Waals surface area contributed by atoms with E-state index in [0.29, 0.717) is 11.1 Å². The maximum absolute atomic E-state index is 12.2. The highest BCUT2D eigenvalue weighted by Gasteiger charge is 2.31. The van der Waals surface area contributed by atoms with Crippen LogP contribution in [0.1, 0.15) is 28.9 Å². The van der Waals surface area contributed by atoms with Crippen LogP contribution < -0.4 is 0 Å². The van der Waals surface area contributed by atoms with Gasteiger partial charge in [0.2, 0.25) is 0 Å². The molecule has 0 amide bonds. The Hall–Kier alpha value is -2.94. The third-order valence-electron chi connectivity index (χ3n) is 3.82. The number of carbonyl (C=O) groups is 2. The van der Waals surface area contributed by atoms with Gasteiger partial charge in [0.25, 0.3) is 0 Å². The summed E-state index contributed by atoms with van der Waals surface area (Å²) in [6, 6.07) is 18.5. The van der Waals surface area contributed by atoms with Crippen LogP contribution in [-0.4, -0.2) is 11.8 Å². The lowest BCUT2D eigenvalue weighted by molar-refractivity contribution is -0.139. The second kappa shape index (κ2) is 6.44. The fraction of sp³-hybridized carbons (Fsp3) is 0.100. The van der Waals surface area contributed by atoms with Gasteiger partial charge in [0, 0.05) is 16.7 Å². The lowest BCUT2D eigenvalue weighted by atomic mass is 9.98. The second-order valence-electron chi connectivity index (χ2n) is 5.34. The van der Waals surface area contributed by atoms with E-state index in [1.807, 2.05) is 48.5 Å². The quantitative estimate of drug-likeness (QED) is 0.486. The molecular weight excluding hydrogens is 288 g/mol. The zero-order valence-electron chi connectivity index (χ0n) is 12.7. The molecule has 0 fully saturated rings. The van der Waals surface area contributed by atoms with Crippen LogP contribution in [0.5, 0.6) is 0 Å². The molecule has 2 aromatic rings. The summed E-state index contributed by atoms with van der Waals surface area (Å²) < 4.78 is 5.43. The van der Waals surface area contributed by atoms with Crippen molar-refractivity contribution in [2.75, 3.05) is 0 Å². The van der Waals surface area contributed by atoms with Gasteiger partial charge in [0.15, 0.2) is 11.9 Å². The number of carbonyl (C=O) groups excluding carboxylic acids is 2. The van der Waals surface area contributed by atoms with Crippen molar-refractivity contribution < 1.29 is 14.3 Å². The van der Waals surface area contributed by atoms with E-state index in [9.17, 15) is 9.59 Å². The maximum atomic E-state index is 12.2. The van der Waals surface area contributed by atoms with Gasteiger partial charge >= 0.3 is 5.97 Å². The van der Waals surface area contributed by atoms with Crippen LogP contribution in [0.2, 0.25) is 0 Å². The lowest BCUT2D eigenvalue weighted by Crippen LogP contribution is -2.02. The molecule has 23 heavy (non-hydrogen) atoms. The van der Waals surface area contributed by atoms with Crippen molar-refractivity contribution >= 4 is 11.8 Å². The molecule has 1 unspecified atom stereocenters. The summed E-state index contributed by atoms with van der Waals surface area (Å²) >= 11 is 0. The van der Waals surface area contributed by atoms with Gasteiger partial charge in [-0.15, -0.1) is 0 Å². The molecule has 0 N–H and O–H groups in total. The fourth-order valence-corrected chi connectivity index (χ4v) is 2.53. The first kappa shape index (κ1) is 15.0. The first-order valence-electron chi connectivity index (χ1n) is 7.41.